The van der Waals surface area contributed by atoms with E-state index in [1.807, 2.05) is 0 Å². The third kappa shape index (κ3) is 3.40. The fourth-order valence-electron chi connectivity index (χ4n) is 1.86. The quantitative estimate of drug-likeness (QED) is 0.759. The summed E-state index contributed by atoms with van der Waals surface area (Å²) in [5.74, 6) is -1.96. The standard InChI is InChI=1S/C11H11Br2NO5S/c12-6-1-2-8(13)10(3-6)20(17,18)14-9-5-19-4-7(9)11(15)16/h1-3,7,9,14H,4-5H2,(H,15,16). The lowest BCUT2D eigenvalue weighted by molar-refractivity contribution is -0.142. The number of carboxylic acids is 1. The Labute approximate surface area is 132 Å². The van der Waals surface area contributed by atoms with Gasteiger partial charge >= 0.3 is 5.97 Å². The zero-order chi connectivity index (χ0) is 14.9. The minimum absolute atomic E-state index is 0.00216. The van der Waals surface area contributed by atoms with Crippen LogP contribution in [0.3, 0.4) is 0 Å². The summed E-state index contributed by atoms with van der Waals surface area (Å²) in [7, 11) is -3.83. The van der Waals surface area contributed by atoms with Gasteiger partial charge in [-0.25, -0.2) is 13.1 Å². The molecule has 1 saturated heterocycles. The Bertz CT molecular complexity index is 634. The summed E-state index contributed by atoms with van der Waals surface area (Å²) in [6, 6.07) is 3.96. The third-order valence-electron chi connectivity index (χ3n) is 2.89. The first-order valence-electron chi connectivity index (χ1n) is 5.59. The summed E-state index contributed by atoms with van der Waals surface area (Å²) in [6.07, 6.45) is 0. The zero-order valence-electron chi connectivity index (χ0n) is 10.0. The molecule has 0 aromatic heterocycles. The van der Waals surface area contributed by atoms with Crippen LogP contribution in [0.4, 0.5) is 0 Å². The molecule has 1 aromatic rings. The van der Waals surface area contributed by atoms with Crippen molar-refractivity contribution in [3.8, 4) is 0 Å². The molecule has 0 amide bonds. The Morgan fingerprint density at radius 3 is 2.70 bits per heavy atom. The Balaban J connectivity index is 2.27. The van der Waals surface area contributed by atoms with Gasteiger partial charge < -0.3 is 9.84 Å². The minimum Gasteiger partial charge on any atom is -0.481 e. The van der Waals surface area contributed by atoms with Gasteiger partial charge in [-0.15, -0.1) is 0 Å². The second-order valence-corrected chi connectivity index (χ2v) is 7.74. The molecule has 0 radical (unpaired) electrons. The Hall–Kier alpha value is -0.480. The van der Waals surface area contributed by atoms with Crippen molar-refractivity contribution in [2.75, 3.05) is 13.2 Å². The van der Waals surface area contributed by atoms with Crippen molar-refractivity contribution in [3.63, 3.8) is 0 Å². The highest BCUT2D eigenvalue weighted by molar-refractivity contribution is 9.11. The average Bonchev–Trinajstić information content (AvgIpc) is 2.79. The molecule has 2 rings (SSSR count). The molecule has 0 saturated carbocycles. The largest absolute Gasteiger partial charge is 0.481 e. The van der Waals surface area contributed by atoms with Gasteiger partial charge in [0, 0.05) is 8.95 Å². The van der Waals surface area contributed by atoms with E-state index in [-0.39, 0.29) is 18.1 Å². The molecule has 0 aliphatic carbocycles. The molecule has 1 aliphatic heterocycles. The van der Waals surface area contributed by atoms with Gasteiger partial charge in [-0.05, 0) is 34.1 Å². The van der Waals surface area contributed by atoms with Gasteiger partial charge in [0.2, 0.25) is 10.0 Å². The molecular weight excluding hydrogens is 418 g/mol. The number of sulfonamides is 1. The predicted molar refractivity (Wildman–Crippen MR) is 77.9 cm³/mol. The highest BCUT2D eigenvalue weighted by Crippen LogP contribution is 2.26. The van der Waals surface area contributed by atoms with Crippen molar-refractivity contribution in [2.24, 2.45) is 5.92 Å². The van der Waals surface area contributed by atoms with Crippen molar-refractivity contribution < 1.29 is 23.1 Å². The molecule has 2 atom stereocenters. The second-order valence-electron chi connectivity index (χ2n) is 4.28. The fourth-order valence-corrected chi connectivity index (χ4v) is 4.62. The summed E-state index contributed by atoms with van der Waals surface area (Å²) < 4.78 is 33.1. The number of rotatable bonds is 4. The summed E-state index contributed by atoms with van der Waals surface area (Å²) in [5, 5.41) is 9.02. The molecule has 20 heavy (non-hydrogen) atoms. The van der Waals surface area contributed by atoms with Gasteiger partial charge in [0.15, 0.2) is 0 Å². The van der Waals surface area contributed by atoms with Crippen LogP contribution in [0.5, 0.6) is 0 Å². The number of benzene rings is 1. The molecule has 0 bridgehead atoms. The van der Waals surface area contributed by atoms with E-state index in [0.29, 0.717) is 8.95 Å². The van der Waals surface area contributed by atoms with E-state index in [1.54, 1.807) is 12.1 Å². The van der Waals surface area contributed by atoms with Gasteiger partial charge in [-0.2, -0.15) is 0 Å². The van der Waals surface area contributed by atoms with Crippen LogP contribution in [0.15, 0.2) is 32.0 Å². The van der Waals surface area contributed by atoms with Crippen molar-refractivity contribution in [3.05, 3.63) is 27.1 Å². The number of hydrogen-bond donors (Lipinski definition) is 2. The number of carbonyl (C=O) groups is 1. The molecule has 110 valence electrons. The molecular formula is C11H11Br2NO5S. The van der Waals surface area contributed by atoms with Crippen LogP contribution < -0.4 is 4.72 Å². The van der Waals surface area contributed by atoms with Crippen LogP contribution in [0.1, 0.15) is 0 Å². The molecule has 6 nitrogen and oxygen atoms in total. The minimum atomic E-state index is -3.83. The van der Waals surface area contributed by atoms with E-state index >= 15 is 0 Å². The first-order valence-corrected chi connectivity index (χ1v) is 8.66. The molecule has 1 aliphatic rings. The van der Waals surface area contributed by atoms with E-state index < -0.39 is 28.0 Å². The van der Waals surface area contributed by atoms with Crippen molar-refractivity contribution in [1.29, 1.82) is 0 Å². The van der Waals surface area contributed by atoms with E-state index in [0.717, 1.165) is 0 Å². The number of halogens is 2. The van der Waals surface area contributed by atoms with Crippen molar-refractivity contribution >= 4 is 47.9 Å². The monoisotopic (exact) mass is 427 g/mol. The average molecular weight is 429 g/mol. The lowest BCUT2D eigenvalue weighted by atomic mass is 10.1. The summed E-state index contributed by atoms with van der Waals surface area (Å²) >= 11 is 6.38. The first-order chi connectivity index (χ1) is 9.31. The maximum atomic E-state index is 12.3. The summed E-state index contributed by atoms with van der Waals surface area (Å²) in [4.78, 5) is 11.1. The first kappa shape index (κ1) is 15.9. The third-order valence-corrected chi connectivity index (χ3v) is 5.86. The lowest BCUT2D eigenvalue weighted by Gasteiger charge is -2.16. The van der Waals surface area contributed by atoms with Crippen LogP contribution in [0, 0.1) is 5.92 Å². The smallest absolute Gasteiger partial charge is 0.310 e. The molecule has 1 heterocycles. The molecule has 9 heteroatoms. The topological polar surface area (TPSA) is 92.7 Å². The van der Waals surface area contributed by atoms with E-state index in [1.165, 1.54) is 6.07 Å². The maximum Gasteiger partial charge on any atom is 0.310 e. The van der Waals surface area contributed by atoms with Crippen LogP contribution in [0.2, 0.25) is 0 Å². The van der Waals surface area contributed by atoms with Gasteiger partial charge in [-0.1, -0.05) is 15.9 Å². The Kier molecular flexibility index (Phi) is 4.85. The Morgan fingerprint density at radius 2 is 2.05 bits per heavy atom. The number of carboxylic acid groups (broad SMARTS) is 1. The van der Waals surface area contributed by atoms with E-state index in [9.17, 15) is 13.2 Å². The highest BCUT2D eigenvalue weighted by Gasteiger charge is 2.37. The van der Waals surface area contributed by atoms with Crippen molar-refractivity contribution in [1.82, 2.24) is 4.72 Å². The number of nitrogens with one attached hydrogen (secondary N) is 1. The fraction of sp³-hybridized carbons (Fsp3) is 0.364. The maximum absolute atomic E-state index is 12.3. The van der Waals surface area contributed by atoms with E-state index in [4.69, 9.17) is 9.84 Å². The number of hydrogen-bond acceptors (Lipinski definition) is 4. The van der Waals surface area contributed by atoms with Crippen LogP contribution in [-0.4, -0.2) is 38.7 Å². The summed E-state index contributed by atoms with van der Waals surface area (Å²) in [6.45, 7) is 0.0456. The predicted octanol–water partition coefficient (Wildman–Crippen LogP) is 1.59. The van der Waals surface area contributed by atoms with Gasteiger partial charge in [-0.3, -0.25) is 4.79 Å². The van der Waals surface area contributed by atoms with Gasteiger partial charge in [0.05, 0.1) is 30.1 Å². The lowest BCUT2D eigenvalue weighted by Crippen LogP contribution is -2.42. The van der Waals surface area contributed by atoms with E-state index in [2.05, 4.69) is 36.6 Å². The van der Waals surface area contributed by atoms with Gasteiger partial charge in [0.1, 0.15) is 0 Å². The number of ether oxygens (including phenoxy) is 1. The Morgan fingerprint density at radius 1 is 1.35 bits per heavy atom. The van der Waals surface area contributed by atoms with Gasteiger partial charge in [0.25, 0.3) is 0 Å². The molecule has 1 aromatic carbocycles. The highest BCUT2D eigenvalue weighted by atomic mass is 79.9. The van der Waals surface area contributed by atoms with Crippen LogP contribution >= 0.6 is 31.9 Å². The SMILES string of the molecule is O=C(O)C1COCC1NS(=O)(=O)c1cc(Br)ccc1Br. The van der Waals surface area contributed by atoms with Crippen LogP contribution in [0.25, 0.3) is 0 Å². The molecule has 2 N–H and O–H groups in total. The molecule has 1 fully saturated rings. The summed E-state index contributed by atoms with van der Waals surface area (Å²) in [5.41, 5.74) is 0. The zero-order valence-corrected chi connectivity index (χ0v) is 14.0. The normalized spacial score (nSPS) is 22.9. The second kappa shape index (κ2) is 6.10. The number of aliphatic carboxylic acids is 1. The molecule has 2 unspecified atom stereocenters. The van der Waals surface area contributed by atoms with Crippen LogP contribution in [-0.2, 0) is 19.6 Å². The van der Waals surface area contributed by atoms with Crippen molar-refractivity contribution in [2.45, 2.75) is 10.9 Å². The molecule has 0 spiro atoms.